The van der Waals surface area contributed by atoms with E-state index in [-0.39, 0.29) is 24.3 Å². The molecule has 3 N–H and O–H groups in total. The molecule has 0 spiro atoms. The monoisotopic (exact) mass is 845 g/mol. The minimum atomic E-state index is -1.59. The van der Waals surface area contributed by atoms with Gasteiger partial charge in [0.15, 0.2) is 0 Å². The Labute approximate surface area is 334 Å². The third kappa shape index (κ3) is 8.88. The molecule has 3 heterocycles. The molecule has 2 aromatic carbocycles. The van der Waals surface area contributed by atoms with Gasteiger partial charge in [0.05, 0.1) is 31.7 Å². The fraction of sp³-hybridized carbons (Fsp3) is 0.500. The Morgan fingerprint density at radius 1 is 1.20 bits per heavy atom. The first-order valence-electron chi connectivity index (χ1n) is 18.0. The number of allylic oxidation sites excluding steroid dienone is 3. The number of fused-ring (bicyclic) bond motifs is 5. The van der Waals surface area contributed by atoms with Crippen LogP contribution in [0.1, 0.15) is 62.9 Å². The number of nitrogen functional groups attached to an aromatic ring is 1. The molecule has 4 bridgehead atoms. The van der Waals surface area contributed by atoms with Crippen molar-refractivity contribution in [3.05, 3.63) is 74.8 Å². The topological polar surface area (TPSA) is 170 Å². The number of halogens is 2. The van der Waals surface area contributed by atoms with E-state index in [2.05, 4.69) is 15.9 Å². The molecule has 15 heteroatoms. The molecule has 2 aromatic rings. The summed E-state index contributed by atoms with van der Waals surface area (Å²) in [6, 6.07) is 7.21. The van der Waals surface area contributed by atoms with Gasteiger partial charge < -0.3 is 44.3 Å². The molecule has 8 atom stereocenters. The van der Waals surface area contributed by atoms with Gasteiger partial charge in [-0.3, -0.25) is 14.4 Å². The van der Waals surface area contributed by atoms with Gasteiger partial charge in [-0.1, -0.05) is 42.3 Å². The summed E-state index contributed by atoms with van der Waals surface area (Å²) in [6.45, 7) is 6.99. The molecule has 3 aliphatic rings. The summed E-state index contributed by atoms with van der Waals surface area (Å²) < 4.78 is 30.0. The minimum Gasteiger partial charge on any atom is -0.495 e. The van der Waals surface area contributed by atoms with Gasteiger partial charge in [0.2, 0.25) is 5.91 Å². The molecule has 2 fully saturated rings. The summed E-state index contributed by atoms with van der Waals surface area (Å²) in [5.74, 6) is -2.41. The number of anilines is 2. The summed E-state index contributed by atoms with van der Waals surface area (Å²) >= 11 is 10.1. The van der Waals surface area contributed by atoms with Gasteiger partial charge in [0.25, 0.3) is 5.91 Å². The van der Waals surface area contributed by atoms with Crippen molar-refractivity contribution in [2.24, 2.45) is 5.92 Å². The van der Waals surface area contributed by atoms with Crippen molar-refractivity contribution < 1.29 is 48.0 Å². The maximum Gasteiger partial charge on any atom is 0.328 e. The Hall–Kier alpha value is -3.95. The number of likely N-dealkylation sites (N-methyl/N-ethyl adjacent to an activating group) is 1. The molecule has 0 saturated carbocycles. The molecule has 0 unspecified atom stereocenters. The number of hydrogen-bond acceptors (Lipinski definition) is 11. The second kappa shape index (κ2) is 16.6. The van der Waals surface area contributed by atoms with Crippen LogP contribution in [0.2, 0.25) is 5.02 Å². The van der Waals surface area contributed by atoms with E-state index in [4.69, 9.17) is 41.0 Å². The lowest BCUT2D eigenvalue weighted by Gasteiger charge is -2.41. The second-order valence-electron chi connectivity index (χ2n) is 14.9. The Morgan fingerprint density at radius 3 is 2.56 bits per heavy atom. The third-order valence-corrected chi connectivity index (χ3v) is 12.0. The Bertz CT molecular complexity index is 1910. The number of ether oxygens (including phenoxy) is 5. The molecule has 2 saturated heterocycles. The number of nitrogens with zero attached hydrogens (tertiary/aromatic N) is 2. The summed E-state index contributed by atoms with van der Waals surface area (Å²) in [5.41, 5.74) is 5.95. The first-order valence-corrected chi connectivity index (χ1v) is 19.1. The van der Waals surface area contributed by atoms with Crippen LogP contribution in [0.3, 0.4) is 0 Å². The van der Waals surface area contributed by atoms with Crippen molar-refractivity contribution in [2.75, 3.05) is 38.9 Å². The highest BCUT2D eigenvalue weighted by atomic mass is 79.9. The largest absolute Gasteiger partial charge is 0.495 e. The van der Waals surface area contributed by atoms with Crippen LogP contribution in [0.5, 0.6) is 5.75 Å². The first-order chi connectivity index (χ1) is 25.8. The van der Waals surface area contributed by atoms with Crippen LogP contribution in [0.4, 0.5) is 11.4 Å². The molecular weight excluding hydrogens is 798 g/mol. The number of aliphatic hydroxyl groups is 1. The third-order valence-electron chi connectivity index (χ3n) is 11.0. The fourth-order valence-electron chi connectivity index (χ4n) is 7.30. The highest BCUT2D eigenvalue weighted by Crippen LogP contribution is 2.50. The normalized spacial score (nSPS) is 30.6. The van der Waals surface area contributed by atoms with Crippen molar-refractivity contribution in [1.82, 2.24) is 4.90 Å². The molecule has 0 aliphatic carbocycles. The van der Waals surface area contributed by atoms with E-state index < -0.39 is 71.3 Å². The number of carbonyl (C=O) groups is 4. The van der Waals surface area contributed by atoms with Crippen molar-refractivity contribution in [1.29, 1.82) is 0 Å². The first kappa shape index (κ1) is 42.2. The number of methoxy groups -OCH3 is 2. The number of carbonyl (C=O) groups excluding carboxylic acids is 4. The van der Waals surface area contributed by atoms with Gasteiger partial charge >= 0.3 is 11.9 Å². The average Bonchev–Trinajstić information content (AvgIpc) is 3.84. The smallest absolute Gasteiger partial charge is 0.328 e. The lowest BCUT2D eigenvalue weighted by atomic mass is 9.78. The van der Waals surface area contributed by atoms with Gasteiger partial charge in [0.1, 0.15) is 46.3 Å². The molecule has 2 amide bonds. The van der Waals surface area contributed by atoms with Crippen molar-refractivity contribution >= 4 is 62.7 Å². The SMILES string of the molecule is COc1cc2cc(c1Cl)N(C)C(=O)C[C@H](OC(=O)[C@H](C)N(C)C(=O)c1ccc(N)c(Br)c1)[C@]1(C)O[C@H]1[C@H](C)[C@@H]1C[C@@](O)(CC(=O)O1)[C@H](OC)/C=C/C=C(\C)C2. The number of nitrogens with two attached hydrogens (primary N) is 1. The van der Waals surface area contributed by atoms with Gasteiger partial charge in [-0.25, -0.2) is 4.79 Å². The highest BCUT2D eigenvalue weighted by molar-refractivity contribution is 9.10. The Kier molecular flexibility index (Phi) is 12.8. The Balaban J connectivity index is 1.52. The zero-order valence-electron chi connectivity index (χ0n) is 32.3. The molecular formula is C40H49BrClN3O10. The standard InChI is InChI=1S/C40H49BrClN3O10/c1-21-10-9-11-31(52-8)40(50)19-30(53-34(47)20-40)22(2)36-39(4,55-36)32(18-33(46)45(6)28-15-24(14-21)16-29(51-7)35(28)42)54-38(49)23(3)44(5)37(48)25-12-13-27(43)26(41)17-25/h9-13,15-17,22-23,30-32,36,50H,14,18-20,43H2,1-8H3/b11-9+,21-10+/t22-,23+,30+,31-,32+,36+,39+,40-/m1/s1. The van der Waals surface area contributed by atoms with Crippen molar-refractivity contribution in [3.8, 4) is 5.75 Å². The van der Waals surface area contributed by atoms with Crippen molar-refractivity contribution in [2.45, 2.75) is 95.0 Å². The number of amides is 2. The minimum absolute atomic E-state index is 0.0445. The van der Waals surface area contributed by atoms with Gasteiger partial charge in [-0.05, 0) is 79.0 Å². The lowest BCUT2D eigenvalue weighted by molar-refractivity contribution is -0.187. The predicted octanol–water partition coefficient (Wildman–Crippen LogP) is 5.42. The van der Waals surface area contributed by atoms with Gasteiger partial charge in [0, 0.05) is 49.3 Å². The lowest BCUT2D eigenvalue weighted by Crippen LogP contribution is -2.53. The fourth-order valence-corrected chi connectivity index (χ4v) is 7.99. The molecule has 0 radical (unpaired) electrons. The Morgan fingerprint density at radius 2 is 1.91 bits per heavy atom. The predicted molar refractivity (Wildman–Crippen MR) is 210 cm³/mol. The zero-order valence-corrected chi connectivity index (χ0v) is 34.6. The number of hydrogen-bond donors (Lipinski definition) is 2. The second-order valence-corrected chi connectivity index (χ2v) is 16.1. The van der Waals surface area contributed by atoms with Gasteiger partial charge in [-0.2, -0.15) is 0 Å². The van der Waals surface area contributed by atoms with Crippen LogP contribution in [-0.4, -0.2) is 104 Å². The molecule has 13 nitrogen and oxygen atoms in total. The molecule has 3 aliphatic heterocycles. The average molecular weight is 847 g/mol. The number of esters is 2. The highest BCUT2D eigenvalue weighted by Gasteiger charge is 2.64. The van der Waals surface area contributed by atoms with Crippen LogP contribution in [0.25, 0.3) is 0 Å². The van der Waals surface area contributed by atoms with E-state index in [9.17, 15) is 24.3 Å². The quantitative estimate of drug-likeness (QED) is 0.216. The molecule has 5 rings (SSSR count). The van der Waals surface area contributed by atoms with Crippen LogP contribution in [0.15, 0.2) is 58.6 Å². The summed E-state index contributed by atoms with van der Waals surface area (Å²) in [5, 5.41) is 12.1. The zero-order chi connectivity index (χ0) is 40.6. The van der Waals surface area contributed by atoms with Crippen LogP contribution >= 0.6 is 27.5 Å². The molecule has 298 valence electrons. The van der Waals surface area contributed by atoms with Crippen LogP contribution in [-0.2, 0) is 39.8 Å². The summed E-state index contributed by atoms with van der Waals surface area (Å²) in [4.78, 5) is 57.1. The van der Waals surface area contributed by atoms with E-state index >= 15 is 0 Å². The van der Waals surface area contributed by atoms with E-state index in [0.29, 0.717) is 33.6 Å². The van der Waals surface area contributed by atoms with E-state index in [1.807, 2.05) is 19.9 Å². The summed E-state index contributed by atoms with van der Waals surface area (Å²) in [6.07, 6.45) is 1.79. The van der Waals surface area contributed by atoms with E-state index in [0.717, 1.165) is 11.1 Å². The van der Waals surface area contributed by atoms with E-state index in [1.165, 1.54) is 38.0 Å². The van der Waals surface area contributed by atoms with Crippen LogP contribution in [0, 0.1) is 5.92 Å². The molecule has 0 aromatic heterocycles. The van der Waals surface area contributed by atoms with E-state index in [1.54, 1.807) is 56.5 Å². The van der Waals surface area contributed by atoms with Crippen molar-refractivity contribution in [3.63, 3.8) is 0 Å². The van der Waals surface area contributed by atoms with Crippen LogP contribution < -0.4 is 15.4 Å². The maximum atomic E-state index is 14.2. The summed E-state index contributed by atoms with van der Waals surface area (Å²) in [7, 11) is 6.00. The number of epoxide rings is 1. The number of benzene rings is 2. The van der Waals surface area contributed by atoms with Gasteiger partial charge in [-0.15, -0.1) is 0 Å². The number of rotatable bonds is 6. The molecule has 55 heavy (non-hydrogen) atoms. The maximum absolute atomic E-state index is 14.2.